The molecule has 2 rings (SSSR count). The van der Waals surface area contributed by atoms with Crippen molar-refractivity contribution in [3.8, 4) is 11.1 Å². The lowest BCUT2D eigenvalue weighted by Gasteiger charge is -2.06. The Labute approximate surface area is 121 Å². The number of hydrogen-bond donors (Lipinski definition) is 0. The van der Waals surface area contributed by atoms with E-state index in [1.165, 1.54) is 5.56 Å². The van der Waals surface area contributed by atoms with Crippen molar-refractivity contribution < 1.29 is 18.0 Å². The summed E-state index contributed by atoms with van der Waals surface area (Å²) in [4.78, 5) is 10.8. The summed E-state index contributed by atoms with van der Waals surface area (Å²) in [6, 6.07) is 15.2. The van der Waals surface area contributed by atoms with Crippen LogP contribution >= 0.6 is 0 Å². The second-order valence-corrected chi connectivity index (χ2v) is 4.98. The van der Waals surface area contributed by atoms with E-state index in [0.29, 0.717) is 0 Å². The van der Waals surface area contributed by atoms with Gasteiger partial charge in [0.05, 0.1) is 0 Å². The van der Waals surface area contributed by atoms with E-state index >= 15 is 0 Å². The first kappa shape index (κ1) is 15.3. The predicted molar refractivity (Wildman–Crippen MR) is 76.0 cm³/mol. The molecular formula is C17H15F3O. The SMILES string of the molecule is Cc1ccc(-c2ccc(CCC(=O)C(F)(F)F)cc2)cc1. The van der Waals surface area contributed by atoms with Gasteiger partial charge in [0.1, 0.15) is 0 Å². The maximum atomic E-state index is 12.1. The average molecular weight is 292 g/mol. The summed E-state index contributed by atoms with van der Waals surface area (Å²) in [5, 5.41) is 0. The van der Waals surface area contributed by atoms with Crippen LogP contribution in [0.5, 0.6) is 0 Å². The number of ketones is 1. The Morgan fingerprint density at radius 2 is 1.38 bits per heavy atom. The standard InChI is InChI=1S/C17H15F3O/c1-12-2-7-14(8-3-12)15-9-4-13(5-10-15)6-11-16(21)17(18,19)20/h2-5,7-10H,6,11H2,1H3. The minimum Gasteiger partial charge on any atom is -0.290 e. The van der Waals surface area contributed by atoms with Gasteiger partial charge in [0, 0.05) is 6.42 Å². The molecule has 0 spiro atoms. The summed E-state index contributed by atoms with van der Waals surface area (Å²) < 4.78 is 36.4. The maximum absolute atomic E-state index is 12.1. The third-order valence-corrected chi connectivity index (χ3v) is 3.30. The van der Waals surface area contributed by atoms with Crippen LogP contribution in [0.4, 0.5) is 13.2 Å². The molecule has 0 aliphatic carbocycles. The van der Waals surface area contributed by atoms with Gasteiger partial charge in [-0.3, -0.25) is 4.79 Å². The third kappa shape index (κ3) is 4.18. The van der Waals surface area contributed by atoms with Crippen LogP contribution in [0.2, 0.25) is 0 Å². The van der Waals surface area contributed by atoms with Gasteiger partial charge in [-0.25, -0.2) is 0 Å². The van der Waals surface area contributed by atoms with E-state index in [1.54, 1.807) is 12.1 Å². The zero-order valence-electron chi connectivity index (χ0n) is 11.6. The van der Waals surface area contributed by atoms with Gasteiger partial charge < -0.3 is 0 Å². The zero-order chi connectivity index (χ0) is 15.5. The van der Waals surface area contributed by atoms with Gasteiger partial charge >= 0.3 is 6.18 Å². The summed E-state index contributed by atoms with van der Waals surface area (Å²) in [6.45, 7) is 2.00. The molecule has 0 unspecified atom stereocenters. The van der Waals surface area contributed by atoms with Crippen molar-refractivity contribution in [2.45, 2.75) is 25.9 Å². The van der Waals surface area contributed by atoms with E-state index in [-0.39, 0.29) is 6.42 Å². The number of Topliss-reactive ketones (excluding diaryl/α,β-unsaturated/α-hetero) is 1. The number of rotatable bonds is 4. The number of benzene rings is 2. The van der Waals surface area contributed by atoms with Crippen molar-refractivity contribution >= 4 is 5.78 Å². The van der Waals surface area contributed by atoms with E-state index in [1.807, 2.05) is 43.3 Å². The molecule has 1 nitrogen and oxygen atoms in total. The molecular weight excluding hydrogens is 277 g/mol. The van der Waals surface area contributed by atoms with Crippen molar-refractivity contribution in [1.29, 1.82) is 0 Å². The van der Waals surface area contributed by atoms with Crippen LogP contribution in [-0.2, 0) is 11.2 Å². The van der Waals surface area contributed by atoms with Gasteiger partial charge in [-0.1, -0.05) is 54.1 Å². The molecule has 0 amide bonds. The van der Waals surface area contributed by atoms with Gasteiger partial charge in [0.15, 0.2) is 0 Å². The first-order valence-corrected chi connectivity index (χ1v) is 6.62. The number of alkyl halides is 3. The fourth-order valence-corrected chi connectivity index (χ4v) is 2.01. The second-order valence-electron chi connectivity index (χ2n) is 4.98. The molecule has 4 heteroatoms. The van der Waals surface area contributed by atoms with Crippen LogP contribution in [0.1, 0.15) is 17.5 Å². The molecule has 2 aromatic rings. The van der Waals surface area contributed by atoms with E-state index in [0.717, 1.165) is 16.7 Å². The first-order valence-electron chi connectivity index (χ1n) is 6.62. The zero-order valence-corrected chi connectivity index (χ0v) is 11.6. The number of carbonyl (C=O) groups excluding carboxylic acids is 1. The van der Waals surface area contributed by atoms with Gasteiger partial charge in [-0.05, 0) is 30.0 Å². The van der Waals surface area contributed by atoms with Crippen LogP contribution < -0.4 is 0 Å². The Kier molecular flexibility index (Phi) is 4.46. The number of carbonyl (C=O) groups is 1. The van der Waals surface area contributed by atoms with E-state index in [9.17, 15) is 18.0 Å². The quantitative estimate of drug-likeness (QED) is 0.796. The van der Waals surface area contributed by atoms with Gasteiger partial charge in [-0.2, -0.15) is 13.2 Å². The summed E-state index contributed by atoms with van der Waals surface area (Å²) in [5.74, 6) is -1.68. The van der Waals surface area contributed by atoms with Gasteiger partial charge in [-0.15, -0.1) is 0 Å². The van der Waals surface area contributed by atoms with Crippen LogP contribution in [0.3, 0.4) is 0 Å². The van der Waals surface area contributed by atoms with Crippen molar-refractivity contribution in [3.63, 3.8) is 0 Å². The Morgan fingerprint density at radius 1 is 0.905 bits per heavy atom. The van der Waals surface area contributed by atoms with Crippen LogP contribution in [0.15, 0.2) is 48.5 Å². The topological polar surface area (TPSA) is 17.1 Å². The van der Waals surface area contributed by atoms with Gasteiger partial charge in [0.25, 0.3) is 0 Å². The third-order valence-electron chi connectivity index (χ3n) is 3.30. The monoisotopic (exact) mass is 292 g/mol. The fourth-order valence-electron chi connectivity index (χ4n) is 2.01. The minimum absolute atomic E-state index is 0.104. The molecule has 0 saturated heterocycles. The van der Waals surface area contributed by atoms with Gasteiger partial charge in [0.2, 0.25) is 5.78 Å². The molecule has 0 bridgehead atoms. The summed E-state index contributed by atoms with van der Waals surface area (Å²) in [7, 11) is 0. The Hall–Kier alpha value is -2.10. The van der Waals surface area contributed by atoms with E-state index < -0.39 is 18.4 Å². The molecule has 2 aromatic carbocycles. The molecule has 21 heavy (non-hydrogen) atoms. The number of halogens is 3. The molecule has 0 N–H and O–H groups in total. The molecule has 0 radical (unpaired) electrons. The van der Waals surface area contributed by atoms with Crippen LogP contribution in [-0.4, -0.2) is 12.0 Å². The highest BCUT2D eigenvalue weighted by Gasteiger charge is 2.37. The molecule has 0 aliphatic heterocycles. The highest BCUT2D eigenvalue weighted by atomic mass is 19.4. The first-order chi connectivity index (χ1) is 9.86. The lowest BCUT2D eigenvalue weighted by Crippen LogP contribution is -2.22. The normalized spacial score (nSPS) is 11.4. The predicted octanol–water partition coefficient (Wildman–Crippen LogP) is 4.73. The van der Waals surface area contributed by atoms with Crippen molar-refractivity contribution in [2.75, 3.05) is 0 Å². The molecule has 0 fully saturated rings. The Balaban J connectivity index is 2.02. The number of hydrogen-bond acceptors (Lipinski definition) is 1. The van der Waals surface area contributed by atoms with Crippen LogP contribution in [0.25, 0.3) is 11.1 Å². The largest absolute Gasteiger partial charge is 0.449 e. The minimum atomic E-state index is -4.73. The maximum Gasteiger partial charge on any atom is 0.449 e. The molecule has 0 aliphatic rings. The second kappa shape index (κ2) is 6.12. The smallest absolute Gasteiger partial charge is 0.290 e. The molecule has 0 atom stereocenters. The average Bonchev–Trinajstić information content (AvgIpc) is 2.45. The van der Waals surface area contributed by atoms with E-state index in [2.05, 4.69) is 0 Å². The fraction of sp³-hybridized carbons (Fsp3) is 0.235. The Bertz CT molecular complexity index is 610. The summed E-state index contributed by atoms with van der Waals surface area (Å²) in [6.07, 6.45) is -5.14. The molecule has 0 heterocycles. The van der Waals surface area contributed by atoms with Crippen molar-refractivity contribution in [3.05, 3.63) is 59.7 Å². The van der Waals surface area contributed by atoms with Crippen molar-refractivity contribution in [1.82, 2.24) is 0 Å². The van der Waals surface area contributed by atoms with Crippen molar-refractivity contribution in [2.24, 2.45) is 0 Å². The van der Waals surface area contributed by atoms with Crippen LogP contribution in [0, 0.1) is 6.92 Å². The molecule has 0 saturated carbocycles. The highest BCUT2D eigenvalue weighted by molar-refractivity contribution is 5.84. The summed E-state index contributed by atoms with van der Waals surface area (Å²) >= 11 is 0. The highest BCUT2D eigenvalue weighted by Crippen LogP contribution is 2.22. The summed E-state index contributed by atoms with van der Waals surface area (Å²) in [5.41, 5.74) is 3.95. The number of aryl methyl sites for hydroxylation is 2. The molecule has 110 valence electrons. The lowest BCUT2D eigenvalue weighted by atomic mass is 10.0. The molecule has 0 aromatic heterocycles. The lowest BCUT2D eigenvalue weighted by molar-refractivity contribution is -0.171. The Morgan fingerprint density at radius 3 is 1.86 bits per heavy atom. The van der Waals surface area contributed by atoms with E-state index in [4.69, 9.17) is 0 Å².